The molecule has 0 saturated heterocycles. The van der Waals surface area contributed by atoms with Crippen LogP contribution >= 0.6 is 0 Å². The molecule has 2 atom stereocenters. The molecule has 0 aromatic rings. The van der Waals surface area contributed by atoms with Gasteiger partial charge in [0.2, 0.25) is 0 Å². The molecule has 0 saturated carbocycles. The van der Waals surface area contributed by atoms with Gasteiger partial charge in [0.05, 0.1) is 12.7 Å². The Morgan fingerprint density at radius 3 is 2.20 bits per heavy atom. The molecule has 0 rings (SSSR count). The van der Waals surface area contributed by atoms with E-state index in [9.17, 15) is 0 Å². The molecule has 0 aromatic heterocycles. The average molecular weight is 148 g/mol. The monoisotopic (exact) mass is 148 g/mol. The fourth-order valence-electron chi connectivity index (χ4n) is 0.727. The summed E-state index contributed by atoms with van der Waals surface area (Å²) in [5.41, 5.74) is 0. The van der Waals surface area contributed by atoms with Gasteiger partial charge >= 0.3 is 0 Å². The summed E-state index contributed by atoms with van der Waals surface area (Å²) in [4.78, 5) is 0. The van der Waals surface area contributed by atoms with Crippen molar-refractivity contribution in [3.05, 3.63) is 0 Å². The number of hydrogen-bond acceptors (Lipinski definition) is 3. The summed E-state index contributed by atoms with van der Waals surface area (Å²) in [7, 11) is 0. The maximum Gasteiger partial charge on any atom is 0.103 e. The van der Waals surface area contributed by atoms with Crippen molar-refractivity contribution in [2.45, 2.75) is 38.4 Å². The predicted octanol–water partition coefficient (Wildman–Crippen LogP) is -0.109. The predicted molar refractivity (Wildman–Crippen MR) is 38.6 cm³/mol. The average Bonchev–Trinajstić information content (AvgIpc) is 1.98. The van der Waals surface area contributed by atoms with Crippen molar-refractivity contribution >= 4 is 0 Å². The Kier molecular flexibility index (Phi) is 5.58. The third-order valence-electron chi connectivity index (χ3n) is 1.48. The van der Waals surface area contributed by atoms with Crippen LogP contribution in [-0.2, 0) is 0 Å². The van der Waals surface area contributed by atoms with E-state index in [1.165, 1.54) is 0 Å². The van der Waals surface area contributed by atoms with E-state index < -0.39 is 12.2 Å². The molecule has 0 spiro atoms. The summed E-state index contributed by atoms with van der Waals surface area (Å²) in [6.45, 7) is 1.66. The van der Waals surface area contributed by atoms with Crippen molar-refractivity contribution in [3.8, 4) is 0 Å². The van der Waals surface area contributed by atoms with E-state index in [4.69, 9.17) is 15.3 Å². The minimum Gasteiger partial charge on any atom is -0.394 e. The molecule has 0 aliphatic heterocycles. The maximum absolute atomic E-state index is 9.04. The lowest BCUT2D eigenvalue weighted by atomic mass is 10.1. The number of aliphatic hydroxyl groups is 3. The van der Waals surface area contributed by atoms with Crippen LogP contribution in [0, 0.1) is 0 Å². The summed E-state index contributed by atoms with van der Waals surface area (Å²) in [5.74, 6) is 0. The Bertz CT molecular complexity index is 75.3. The number of rotatable bonds is 5. The molecule has 3 N–H and O–H groups in total. The summed E-state index contributed by atoms with van der Waals surface area (Å²) in [6, 6.07) is 0. The zero-order valence-corrected chi connectivity index (χ0v) is 6.32. The largest absolute Gasteiger partial charge is 0.394 e. The molecular weight excluding hydrogens is 132 g/mol. The van der Waals surface area contributed by atoms with Crippen LogP contribution in [0.25, 0.3) is 0 Å². The van der Waals surface area contributed by atoms with Gasteiger partial charge in [-0.25, -0.2) is 0 Å². The van der Waals surface area contributed by atoms with Gasteiger partial charge in [0.25, 0.3) is 0 Å². The Morgan fingerprint density at radius 1 is 1.20 bits per heavy atom. The van der Waals surface area contributed by atoms with Gasteiger partial charge in [-0.1, -0.05) is 19.8 Å². The second-order valence-electron chi connectivity index (χ2n) is 2.46. The molecule has 3 nitrogen and oxygen atoms in total. The van der Waals surface area contributed by atoms with Crippen LogP contribution in [0.4, 0.5) is 0 Å². The third kappa shape index (κ3) is 3.82. The highest BCUT2D eigenvalue weighted by molar-refractivity contribution is 4.64. The molecule has 0 bridgehead atoms. The topological polar surface area (TPSA) is 60.7 Å². The van der Waals surface area contributed by atoms with Crippen LogP contribution < -0.4 is 0 Å². The van der Waals surface area contributed by atoms with Gasteiger partial charge in [-0.05, 0) is 6.42 Å². The van der Waals surface area contributed by atoms with Crippen LogP contribution in [0.2, 0.25) is 0 Å². The van der Waals surface area contributed by atoms with Crippen molar-refractivity contribution < 1.29 is 15.3 Å². The van der Waals surface area contributed by atoms with E-state index in [1.807, 2.05) is 6.92 Å². The molecule has 0 heterocycles. The van der Waals surface area contributed by atoms with Crippen molar-refractivity contribution in [1.82, 2.24) is 0 Å². The van der Waals surface area contributed by atoms with E-state index in [2.05, 4.69) is 0 Å². The van der Waals surface area contributed by atoms with Gasteiger partial charge in [0.15, 0.2) is 0 Å². The lowest BCUT2D eigenvalue weighted by molar-refractivity contribution is -0.0183. The van der Waals surface area contributed by atoms with Crippen LogP contribution in [0.5, 0.6) is 0 Å². The second-order valence-corrected chi connectivity index (χ2v) is 2.46. The maximum atomic E-state index is 9.04. The van der Waals surface area contributed by atoms with E-state index in [-0.39, 0.29) is 6.61 Å². The van der Waals surface area contributed by atoms with Crippen LogP contribution in [0.3, 0.4) is 0 Å². The standard InChI is InChI=1S/C7H16O3/c1-2-3-4-6(9)7(10)5-8/h6-10H,2-5H2,1H3/t6-,7+/m0/s1. The fourth-order valence-corrected chi connectivity index (χ4v) is 0.727. The van der Waals surface area contributed by atoms with Crippen molar-refractivity contribution in [3.63, 3.8) is 0 Å². The third-order valence-corrected chi connectivity index (χ3v) is 1.48. The number of hydrogen-bond donors (Lipinski definition) is 3. The quantitative estimate of drug-likeness (QED) is 0.510. The highest BCUT2D eigenvalue weighted by atomic mass is 16.4. The van der Waals surface area contributed by atoms with Crippen LogP contribution in [-0.4, -0.2) is 34.1 Å². The highest BCUT2D eigenvalue weighted by Gasteiger charge is 2.13. The Labute approximate surface area is 61.3 Å². The first-order chi connectivity index (χ1) is 4.72. The normalized spacial score (nSPS) is 16.8. The first-order valence-corrected chi connectivity index (χ1v) is 3.69. The smallest absolute Gasteiger partial charge is 0.103 e. The van der Waals surface area contributed by atoms with Crippen LogP contribution in [0.15, 0.2) is 0 Å². The van der Waals surface area contributed by atoms with E-state index in [1.54, 1.807) is 0 Å². The van der Waals surface area contributed by atoms with Gasteiger partial charge < -0.3 is 15.3 Å². The molecular formula is C7H16O3. The zero-order valence-electron chi connectivity index (χ0n) is 6.32. The minimum atomic E-state index is -0.966. The summed E-state index contributed by atoms with van der Waals surface area (Å²) < 4.78 is 0. The molecule has 0 unspecified atom stereocenters. The zero-order chi connectivity index (χ0) is 7.98. The Balaban J connectivity index is 3.31. The molecule has 0 amide bonds. The van der Waals surface area contributed by atoms with Gasteiger partial charge in [0, 0.05) is 0 Å². The number of aliphatic hydroxyl groups excluding tert-OH is 3. The van der Waals surface area contributed by atoms with Crippen molar-refractivity contribution in [1.29, 1.82) is 0 Å². The van der Waals surface area contributed by atoms with Gasteiger partial charge in [-0.15, -0.1) is 0 Å². The Hall–Kier alpha value is -0.120. The SMILES string of the molecule is CCCC[C@H](O)[C@H](O)CO. The minimum absolute atomic E-state index is 0.356. The fraction of sp³-hybridized carbons (Fsp3) is 1.00. The van der Waals surface area contributed by atoms with E-state index in [0.717, 1.165) is 12.8 Å². The Morgan fingerprint density at radius 2 is 1.80 bits per heavy atom. The lowest BCUT2D eigenvalue weighted by Gasteiger charge is -2.14. The summed E-state index contributed by atoms with van der Waals surface area (Å²) >= 11 is 0. The van der Waals surface area contributed by atoms with Gasteiger partial charge in [-0.3, -0.25) is 0 Å². The molecule has 0 aromatic carbocycles. The second kappa shape index (κ2) is 5.65. The van der Waals surface area contributed by atoms with E-state index >= 15 is 0 Å². The van der Waals surface area contributed by atoms with Gasteiger partial charge in [0.1, 0.15) is 6.10 Å². The molecule has 10 heavy (non-hydrogen) atoms. The first-order valence-electron chi connectivity index (χ1n) is 3.69. The molecule has 0 aliphatic rings. The van der Waals surface area contributed by atoms with Crippen molar-refractivity contribution in [2.75, 3.05) is 6.61 Å². The summed E-state index contributed by atoms with van der Waals surface area (Å²) in [6.07, 6.45) is 0.725. The molecule has 0 radical (unpaired) electrons. The summed E-state index contributed by atoms with van der Waals surface area (Å²) in [5, 5.41) is 26.3. The molecule has 62 valence electrons. The molecule has 0 fully saturated rings. The van der Waals surface area contributed by atoms with Crippen molar-refractivity contribution in [2.24, 2.45) is 0 Å². The van der Waals surface area contributed by atoms with E-state index in [0.29, 0.717) is 6.42 Å². The molecule has 3 heteroatoms. The highest BCUT2D eigenvalue weighted by Crippen LogP contribution is 2.03. The van der Waals surface area contributed by atoms with Crippen LogP contribution in [0.1, 0.15) is 26.2 Å². The number of unbranched alkanes of at least 4 members (excludes halogenated alkanes) is 1. The first kappa shape index (κ1) is 9.88. The molecule has 0 aliphatic carbocycles. The lowest BCUT2D eigenvalue weighted by Crippen LogP contribution is -2.28. The van der Waals surface area contributed by atoms with Gasteiger partial charge in [-0.2, -0.15) is 0 Å².